The first-order valence-electron chi connectivity index (χ1n) is 8.46. The summed E-state index contributed by atoms with van der Waals surface area (Å²) in [6, 6.07) is 0. The summed E-state index contributed by atoms with van der Waals surface area (Å²) in [5.74, 6) is -0.844. The van der Waals surface area contributed by atoms with E-state index in [1.165, 1.54) is 0 Å². The van der Waals surface area contributed by atoms with Crippen molar-refractivity contribution < 1.29 is 24.2 Å². The Morgan fingerprint density at radius 1 is 1.33 bits per heavy atom. The molecule has 5 nitrogen and oxygen atoms in total. The van der Waals surface area contributed by atoms with Crippen LogP contribution in [0.3, 0.4) is 0 Å². The molecule has 0 bridgehead atoms. The fraction of sp³-hybridized carbons (Fsp3) is 0.579. The van der Waals surface area contributed by atoms with Gasteiger partial charge in [-0.2, -0.15) is 0 Å². The van der Waals surface area contributed by atoms with Gasteiger partial charge in [0.2, 0.25) is 0 Å². The van der Waals surface area contributed by atoms with Crippen molar-refractivity contribution in [2.24, 2.45) is 22.7 Å². The zero-order valence-electron chi connectivity index (χ0n) is 14.1. The summed E-state index contributed by atoms with van der Waals surface area (Å²) in [5, 5.41) is 9.54. The van der Waals surface area contributed by atoms with Gasteiger partial charge >= 0.3 is 11.9 Å². The van der Waals surface area contributed by atoms with Crippen molar-refractivity contribution in [1.82, 2.24) is 0 Å². The minimum absolute atomic E-state index is 0.0338. The molecule has 0 aromatic carbocycles. The zero-order valence-corrected chi connectivity index (χ0v) is 14.1. The lowest BCUT2D eigenvalue weighted by atomic mass is 9.51. The first-order chi connectivity index (χ1) is 11.3. The summed E-state index contributed by atoms with van der Waals surface area (Å²) in [5.41, 5.74) is 0.781. The van der Waals surface area contributed by atoms with Gasteiger partial charge in [-0.1, -0.05) is 26.0 Å². The van der Waals surface area contributed by atoms with Gasteiger partial charge in [0, 0.05) is 29.9 Å². The van der Waals surface area contributed by atoms with E-state index in [4.69, 9.17) is 9.47 Å². The SMILES string of the molecule is CC(CO)C1OC(=O)C=C2C1=CC1OC(=O)C3(C)C=CCC2(C)C13. The van der Waals surface area contributed by atoms with Gasteiger partial charge in [0.05, 0.1) is 5.41 Å². The molecule has 2 aliphatic carbocycles. The lowest BCUT2D eigenvalue weighted by Crippen LogP contribution is -2.50. The third kappa shape index (κ3) is 1.79. The van der Waals surface area contributed by atoms with Gasteiger partial charge in [-0.3, -0.25) is 4.79 Å². The predicted molar refractivity (Wildman–Crippen MR) is 85.6 cm³/mol. The summed E-state index contributed by atoms with van der Waals surface area (Å²) in [7, 11) is 0. The van der Waals surface area contributed by atoms with Crippen LogP contribution in [0.5, 0.6) is 0 Å². The molecule has 1 N–H and O–H groups in total. The number of rotatable bonds is 2. The highest BCUT2D eigenvalue weighted by atomic mass is 16.6. The number of hydrogen-bond acceptors (Lipinski definition) is 5. The molecule has 2 heterocycles. The maximum atomic E-state index is 12.5. The number of ether oxygens (including phenoxy) is 2. The Balaban J connectivity index is 1.91. The number of carbonyl (C=O) groups excluding carboxylic acids is 2. The quantitative estimate of drug-likeness (QED) is 0.618. The molecule has 6 unspecified atom stereocenters. The molecule has 0 spiro atoms. The van der Waals surface area contributed by atoms with E-state index in [1.807, 2.05) is 32.1 Å². The van der Waals surface area contributed by atoms with Crippen LogP contribution in [0.25, 0.3) is 0 Å². The van der Waals surface area contributed by atoms with E-state index in [-0.39, 0.29) is 41.9 Å². The summed E-state index contributed by atoms with van der Waals surface area (Å²) in [4.78, 5) is 24.7. The molecule has 0 saturated carbocycles. The number of allylic oxidation sites excluding steroid dienone is 1. The van der Waals surface area contributed by atoms with Gasteiger partial charge in [-0.05, 0) is 30.6 Å². The number of aliphatic hydroxyl groups is 1. The topological polar surface area (TPSA) is 72.8 Å². The van der Waals surface area contributed by atoms with Crippen molar-refractivity contribution >= 4 is 11.9 Å². The molecule has 2 aliphatic heterocycles. The van der Waals surface area contributed by atoms with Gasteiger partial charge in [0.15, 0.2) is 0 Å². The molecule has 0 radical (unpaired) electrons. The van der Waals surface area contributed by atoms with Gasteiger partial charge in [0.25, 0.3) is 0 Å². The highest BCUT2D eigenvalue weighted by Crippen LogP contribution is 2.62. The number of fused-ring (bicyclic) bond motifs is 2. The Labute approximate surface area is 141 Å². The second-order valence-corrected chi connectivity index (χ2v) is 7.85. The van der Waals surface area contributed by atoms with E-state index < -0.39 is 11.5 Å². The molecule has 24 heavy (non-hydrogen) atoms. The van der Waals surface area contributed by atoms with Crippen LogP contribution in [0.1, 0.15) is 27.2 Å². The number of esters is 2. The van der Waals surface area contributed by atoms with Crippen LogP contribution in [0.2, 0.25) is 0 Å². The Hall–Kier alpha value is -1.88. The smallest absolute Gasteiger partial charge is 0.331 e. The molecule has 5 heteroatoms. The van der Waals surface area contributed by atoms with Crippen LogP contribution in [0.15, 0.2) is 35.5 Å². The van der Waals surface area contributed by atoms with Crippen molar-refractivity contribution in [1.29, 1.82) is 0 Å². The van der Waals surface area contributed by atoms with Crippen LogP contribution >= 0.6 is 0 Å². The average molecular weight is 330 g/mol. The molecule has 4 rings (SSSR count). The van der Waals surface area contributed by atoms with Crippen LogP contribution in [-0.2, 0) is 19.1 Å². The minimum Gasteiger partial charge on any atom is -0.457 e. The van der Waals surface area contributed by atoms with Crippen LogP contribution in [0.4, 0.5) is 0 Å². The van der Waals surface area contributed by atoms with E-state index in [2.05, 4.69) is 6.92 Å². The fourth-order valence-electron chi connectivity index (χ4n) is 5.02. The fourth-order valence-corrected chi connectivity index (χ4v) is 5.02. The monoisotopic (exact) mass is 330 g/mol. The largest absolute Gasteiger partial charge is 0.457 e. The molecule has 0 amide bonds. The lowest BCUT2D eigenvalue weighted by molar-refractivity contribution is -0.146. The molecule has 1 saturated heterocycles. The molecular formula is C19H22O5. The minimum atomic E-state index is -0.667. The Morgan fingerprint density at radius 2 is 2.08 bits per heavy atom. The summed E-state index contributed by atoms with van der Waals surface area (Å²) in [6.45, 7) is 5.79. The maximum Gasteiger partial charge on any atom is 0.331 e. The Bertz CT molecular complexity index is 717. The first kappa shape index (κ1) is 15.6. The van der Waals surface area contributed by atoms with E-state index >= 15 is 0 Å². The second kappa shape index (κ2) is 4.82. The number of cyclic esters (lactones) is 1. The molecule has 128 valence electrons. The third-order valence-corrected chi connectivity index (χ3v) is 6.24. The molecule has 0 aromatic rings. The van der Waals surface area contributed by atoms with Gasteiger partial charge < -0.3 is 14.6 Å². The number of hydrogen-bond donors (Lipinski definition) is 1. The maximum absolute atomic E-state index is 12.5. The van der Waals surface area contributed by atoms with Crippen LogP contribution in [-0.4, -0.2) is 35.9 Å². The van der Waals surface area contributed by atoms with E-state index in [1.54, 1.807) is 6.08 Å². The van der Waals surface area contributed by atoms with Gasteiger partial charge in [0.1, 0.15) is 12.2 Å². The summed E-state index contributed by atoms with van der Waals surface area (Å²) >= 11 is 0. The van der Waals surface area contributed by atoms with Crippen molar-refractivity contribution in [2.75, 3.05) is 6.61 Å². The second-order valence-electron chi connectivity index (χ2n) is 7.85. The zero-order chi connectivity index (χ0) is 17.3. The normalized spacial score (nSPS) is 43.9. The lowest BCUT2D eigenvalue weighted by Gasteiger charge is -2.51. The molecule has 6 atom stereocenters. The van der Waals surface area contributed by atoms with E-state index in [0.717, 1.165) is 17.6 Å². The molecule has 1 fully saturated rings. The average Bonchev–Trinajstić information content (AvgIpc) is 2.79. The van der Waals surface area contributed by atoms with Crippen molar-refractivity contribution in [2.45, 2.75) is 39.4 Å². The van der Waals surface area contributed by atoms with Crippen LogP contribution < -0.4 is 0 Å². The molecule has 0 aromatic heterocycles. The highest BCUT2D eigenvalue weighted by molar-refractivity contribution is 5.88. The van der Waals surface area contributed by atoms with Gasteiger partial charge in [-0.15, -0.1) is 0 Å². The summed E-state index contributed by atoms with van der Waals surface area (Å²) in [6.07, 6.45) is 7.39. The third-order valence-electron chi connectivity index (χ3n) is 6.24. The van der Waals surface area contributed by atoms with Crippen molar-refractivity contribution in [3.8, 4) is 0 Å². The first-order valence-corrected chi connectivity index (χ1v) is 8.46. The molecule has 4 aliphatic rings. The Kier molecular flexibility index (Phi) is 3.14. The summed E-state index contributed by atoms with van der Waals surface area (Å²) < 4.78 is 11.2. The Morgan fingerprint density at radius 3 is 2.79 bits per heavy atom. The highest BCUT2D eigenvalue weighted by Gasteiger charge is 2.64. The van der Waals surface area contributed by atoms with Crippen molar-refractivity contribution in [3.63, 3.8) is 0 Å². The van der Waals surface area contributed by atoms with E-state index in [0.29, 0.717) is 0 Å². The van der Waals surface area contributed by atoms with Crippen LogP contribution in [0, 0.1) is 22.7 Å². The van der Waals surface area contributed by atoms with Crippen molar-refractivity contribution in [3.05, 3.63) is 35.5 Å². The molecular weight excluding hydrogens is 308 g/mol. The standard InChI is InChI=1S/C19H22O5/c1-10(9-20)15-11-7-13-16-18(2,12(11)8-14(21)24-15)5-4-6-19(16,3)17(22)23-13/h4,6-8,10,13,15-16,20H,5,9H2,1-3H3. The number of aliphatic hydroxyl groups excluding tert-OH is 1. The predicted octanol–water partition coefficient (Wildman–Crippen LogP) is 1.92. The number of carbonyl (C=O) groups is 2. The van der Waals surface area contributed by atoms with E-state index in [9.17, 15) is 14.7 Å². The van der Waals surface area contributed by atoms with Gasteiger partial charge in [-0.25, -0.2) is 4.79 Å².